The maximum Gasteiger partial charge on any atom is 0.236 e. The van der Waals surface area contributed by atoms with Gasteiger partial charge in [0.25, 0.3) is 0 Å². The van der Waals surface area contributed by atoms with Crippen LogP contribution in [-0.2, 0) is 4.79 Å². The highest BCUT2D eigenvalue weighted by atomic mass is 32.1. The monoisotopic (exact) mass is 283 g/mol. The molecule has 4 nitrogen and oxygen atoms in total. The Balaban J connectivity index is 3.24. The number of nitrogens with two attached hydrogens (primary N) is 2. The van der Waals surface area contributed by atoms with Crippen molar-refractivity contribution in [2.24, 2.45) is 17.4 Å². The average molecular weight is 283 g/mol. The lowest BCUT2D eigenvalue weighted by Gasteiger charge is -2.27. The van der Waals surface area contributed by atoms with Crippen LogP contribution in [0.25, 0.3) is 0 Å². The van der Waals surface area contributed by atoms with Gasteiger partial charge >= 0.3 is 0 Å². The highest BCUT2D eigenvalue weighted by Crippen LogP contribution is 2.24. The number of amides is 1. The van der Waals surface area contributed by atoms with Crippen molar-refractivity contribution in [2.45, 2.75) is 13.8 Å². The van der Waals surface area contributed by atoms with Gasteiger partial charge in [0, 0.05) is 6.54 Å². The largest absolute Gasteiger partial charge is 0.389 e. The van der Waals surface area contributed by atoms with Gasteiger partial charge in [-0.2, -0.15) is 0 Å². The first-order valence-corrected chi connectivity index (χ1v) is 6.35. The van der Waals surface area contributed by atoms with E-state index in [9.17, 15) is 9.18 Å². The summed E-state index contributed by atoms with van der Waals surface area (Å²) in [6.07, 6.45) is 0. The van der Waals surface area contributed by atoms with Crippen molar-refractivity contribution < 1.29 is 9.18 Å². The minimum Gasteiger partial charge on any atom is -0.389 e. The van der Waals surface area contributed by atoms with Crippen LogP contribution >= 0.6 is 12.2 Å². The Morgan fingerprint density at radius 1 is 1.42 bits per heavy atom. The van der Waals surface area contributed by atoms with E-state index in [1.54, 1.807) is 17.0 Å². The highest BCUT2D eigenvalue weighted by Gasteiger charge is 2.18. The molecule has 0 aliphatic rings. The summed E-state index contributed by atoms with van der Waals surface area (Å²) in [6, 6.07) is 4.53. The summed E-state index contributed by atoms with van der Waals surface area (Å²) in [5.41, 5.74) is 11.4. The Morgan fingerprint density at radius 3 is 2.53 bits per heavy atom. The maximum absolute atomic E-state index is 13.8. The molecule has 104 valence electrons. The van der Waals surface area contributed by atoms with E-state index in [2.05, 4.69) is 0 Å². The van der Waals surface area contributed by atoms with E-state index in [0.717, 1.165) is 0 Å². The van der Waals surface area contributed by atoms with Crippen molar-refractivity contribution in [3.05, 3.63) is 29.6 Å². The number of primary amides is 1. The molecule has 0 fully saturated rings. The zero-order valence-corrected chi connectivity index (χ0v) is 11.8. The molecule has 0 unspecified atom stereocenters. The standard InChI is InChI=1S/C13H18FN3OS/c1-8(2)6-17(7-11(15)18)10-5-3-4-9(14)12(10)13(16)19/h3-5,8H,6-7H2,1-2H3,(H2,15,18)(H2,16,19). The third kappa shape index (κ3) is 4.17. The fourth-order valence-corrected chi connectivity index (χ4v) is 2.10. The van der Waals surface area contributed by atoms with E-state index >= 15 is 0 Å². The number of nitrogens with zero attached hydrogens (tertiary/aromatic N) is 1. The SMILES string of the molecule is CC(C)CN(CC(N)=O)c1cccc(F)c1C(N)=S. The van der Waals surface area contributed by atoms with Gasteiger partial charge in [-0.3, -0.25) is 4.79 Å². The molecule has 0 spiro atoms. The number of hydrogen-bond acceptors (Lipinski definition) is 3. The Hall–Kier alpha value is -1.69. The Bertz CT molecular complexity index is 491. The predicted octanol–water partition coefficient (Wildman–Crippen LogP) is 1.41. The first-order valence-electron chi connectivity index (χ1n) is 5.94. The molecule has 1 amide bonds. The van der Waals surface area contributed by atoms with E-state index in [0.29, 0.717) is 12.2 Å². The Morgan fingerprint density at radius 2 is 2.05 bits per heavy atom. The smallest absolute Gasteiger partial charge is 0.236 e. The number of hydrogen-bond donors (Lipinski definition) is 2. The van der Waals surface area contributed by atoms with Crippen molar-refractivity contribution in [2.75, 3.05) is 18.0 Å². The molecule has 0 saturated heterocycles. The van der Waals surface area contributed by atoms with E-state index in [1.165, 1.54) is 6.07 Å². The normalized spacial score (nSPS) is 10.5. The molecule has 1 aromatic rings. The molecule has 0 heterocycles. The summed E-state index contributed by atoms with van der Waals surface area (Å²) in [5, 5.41) is 0. The average Bonchev–Trinajstić information content (AvgIpc) is 2.25. The minimum absolute atomic E-state index is 0.00273. The topological polar surface area (TPSA) is 72.3 Å². The lowest BCUT2D eigenvalue weighted by molar-refractivity contribution is -0.116. The summed E-state index contributed by atoms with van der Waals surface area (Å²) in [5.74, 6) is -0.705. The number of carbonyl (C=O) groups excluding carboxylic acids is 1. The molecule has 0 aliphatic carbocycles. The van der Waals surface area contributed by atoms with Gasteiger partial charge in [-0.05, 0) is 18.1 Å². The van der Waals surface area contributed by atoms with Gasteiger partial charge in [0.05, 0.1) is 17.8 Å². The molecule has 0 bridgehead atoms. The van der Waals surface area contributed by atoms with Gasteiger partial charge in [0.15, 0.2) is 0 Å². The van der Waals surface area contributed by atoms with Crippen molar-refractivity contribution >= 4 is 28.8 Å². The summed E-state index contributed by atoms with van der Waals surface area (Å²) in [4.78, 5) is 12.8. The molecular formula is C13H18FN3OS. The second-order valence-corrected chi connectivity index (χ2v) is 5.18. The molecule has 0 atom stereocenters. The minimum atomic E-state index is -0.497. The van der Waals surface area contributed by atoms with E-state index in [1.807, 2.05) is 13.8 Å². The Labute approximate surface area is 117 Å². The van der Waals surface area contributed by atoms with Crippen LogP contribution in [0, 0.1) is 11.7 Å². The maximum atomic E-state index is 13.8. The molecule has 1 rings (SSSR count). The van der Waals surface area contributed by atoms with Gasteiger partial charge in [-0.1, -0.05) is 32.1 Å². The molecule has 0 aliphatic heterocycles. The van der Waals surface area contributed by atoms with Gasteiger partial charge in [0.2, 0.25) is 5.91 Å². The fraction of sp³-hybridized carbons (Fsp3) is 0.385. The second-order valence-electron chi connectivity index (χ2n) is 4.74. The van der Waals surface area contributed by atoms with Crippen molar-refractivity contribution in [1.29, 1.82) is 0 Å². The van der Waals surface area contributed by atoms with Crippen LogP contribution in [0.3, 0.4) is 0 Å². The number of halogens is 1. The number of rotatable bonds is 6. The molecule has 6 heteroatoms. The quantitative estimate of drug-likeness (QED) is 0.774. The molecule has 0 aromatic heterocycles. The Kier molecular flexibility index (Phi) is 5.23. The number of anilines is 1. The predicted molar refractivity (Wildman–Crippen MR) is 78.5 cm³/mol. The lowest BCUT2D eigenvalue weighted by Crippen LogP contribution is -2.37. The molecule has 0 saturated carbocycles. The van der Waals surface area contributed by atoms with Gasteiger partial charge < -0.3 is 16.4 Å². The molecule has 19 heavy (non-hydrogen) atoms. The highest BCUT2D eigenvalue weighted by molar-refractivity contribution is 7.80. The second kappa shape index (κ2) is 6.47. The van der Waals surface area contributed by atoms with Crippen LogP contribution < -0.4 is 16.4 Å². The molecule has 1 aromatic carbocycles. The summed E-state index contributed by atoms with van der Waals surface area (Å²) >= 11 is 4.88. The zero-order valence-electron chi connectivity index (χ0n) is 11.0. The van der Waals surface area contributed by atoms with Crippen LogP contribution in [0.1, 0.15) is 19.4 Å². The summed E-state index contributed by atoms with van der Waals surface area (Å²) in [7, 11) is 0. The number of thiocarbonyl (C=S) groups is 1. The van der Waals surface area contributed by atoms with E-state index in [-0.39, 0.29) is 23.0 Å². The number of benzene rings is 1. The third-order valence-electron chi connectivity index (χ3n) is 2.51. The van der Waals surface area contributed by atoms with Gasteiger partial charge in [0.1, 0.15) is 10.8 Å². The van der Waals surface area contributed by atoms with Crippen molar-refractivity contribution in [3.63, 3.8) is 0 Å². The third-order valence-corrected chi connectivity index (χ3v) is 2.72. The van der Waals surface area contributed by atoms with Crippen LogP contribution in [-0.4, -0.2) is 24.0 Å². The molecule has 4 N–H and O–H groups in total. The van der Waals surface area contributed by atoms with Crippen LogP contribution in [0.15, 0.2) is 18.2 Å². The van der Waals surface area contributed by atoms with Crippen molar-refractivity contribution in [1.82, 2.24) is 0 Å². The first kappa shape index (κ1) is 15.4. The molecule has 0 radical (unpaired) electrons. The van der Waals surface area contributed by atoms with E-state index in [4.69, 9.17) is 23.7 Å². The summed E-state index contributed by atoms with van der Waals surface area (Å²) < 4.78 is 13.8. The summed E-state index contributed by atoms with van der Waals surface area (Å²) in [6.45, 7) is 4.54. The van der Waals surface area contributed by atoms with Gasteiger partial charge in [-0.15, -0.1) is 0 Å². The fourth-order valence-electron chi connectivity index (χ4n) is 1.90. The van der Waals surface area contributed by atoms with Crippen LogP contribution in [0.5, 0.6) is 0 Å². The number of carbonyl (C=O) groups is 1. The van der Waals surface area contributed by atoms with Crippen molar-refractivity contribution in [3.8, 4) is 0 Å². The van der Waals surface area contributed by atoms with Gasteiger partial charge in [-0.25, -0.2) is 4.39 Å². The van der Waals surface area contributed by atoms with Crippen LogP contribution in [0.4, 0.5) is 10.1 Å². The van der Waals surface area contributed by atoms with Crippen LogP contribution in [0.2, 0.25) is 0 Å². The van der Waals surface area contributed by atoms with E-state index < -0.39 is 11.7 Å². The zero-order chi connectivity index (χ0) is 14.6. The molecular weight excluding hydrogens is 265 g/mol. The first-order chi connectivity index (χ1) is 8.82. The lowest BCUT2D eigenvalue weighted by atomic mass is 10.1.